The second kappa shape index (κ2) is 12.9. The van der Waals surface area contributed by atoms with Gasteiger partial charge in [-0.1, -0.05) is 44.2 Å². The Morgan fingerprint density at radius 1 is 1.05 bits per heavy atom. The monoisotopic (exact) mass is 698 g/mol. The molecule has 0 aliphatic rings. The number of rotatable bonds is 8. The van der Waals surface area contributed by atoms with Gasteiger partial charge >= 0.3 is 0 Å². The van der Waals surface area contributed by atoms with Crippen molar-refractivity contribution in [2.24, 2.45) is 5.10 Å². The number of aryl methyl sites for hydroxylation is 1. The zero-order valence-electron chi connectivity index (χ0n) is 24.1. The summed E-state index contributed by atoms with van der Waals surface area (Å²) in [5.41, 5.74) is 5.14. The Hall–Kier alpha value is -4.26. The van der Waals surface area contributed by atoms with E-state index in [2.05, 4.69) is 56.9 Å². The number of ether oxygens (including phenoxy) is 2. The summed E-state index contributed by atoms with van der Waals surface area (Å²) in [4.78, 5) is 18.7. The first-order valence-corrected chi connectivity index (χ1v) is 15.1. The SMILES string of the molecule is COc1cc(C)c(-c2nc3ccccc3c(=O)n2N=Cc2cc(Br)c(OCc3ccccc3C#N)c(Br)c2)cc1C(C)C. The molecule has 216 valence electrons. The maximum absolute atomic E-state index is 13.8. The molecule has 43 heavy (non-hydrogen) atoms. The molecule has 0 spiro atoms. The van der Waals surface area contributed by atoms with Crippen LogP contribution < -0.4 is 15.0 Å². The lowest BCUT2D eigenvalue weighted by molar-refractivity contribution is 0.302. The fraction of sp³-hybridized carbons (Fsp3) is 0.176. The summed E-state index contributed by atoms with van der Waals surface area (Å²) in [5.74, 6) is 2.02. The van der Waals surface area contributed by atoms with E-state index >= 15 is 0 Å². The molecular weight excluding hydrogens is 672 g/mol. The second-order valence-electron chi connectivity index (χ2n) is 10.2. The van der Waals surface area contributed by atoms with Crippen molar-refractivity contribution in [2.75, 3.05) is 7.11 Å². The zero-order chi connectivity index (χ0) is 30.7. The summed E-state index contributed by atoms with van der Waals surface area (Å²) in [5, 5.41) is 14.5. The van der Waals surface area contributed by atoms with Crippen LogP contribution in [0.2, 0.25) is 0 Å². The summed E-state index contributed by atoms with van der Waals surface area (Å²) in [6.07, 6.45) is 1.62. The molecule has 0 N–H and O–H groups in total. The standard InChI is InChI=1S/C34H28Br2N4O3/c1-20(2)26-16-27(21(3)13-31(26)42-4)33-39-30-12-8-7-11-25(30)34(41)40(33)38-18-22-14-28(35)32(29(36)15-22)43-19-24-10-6-5-9-23(24)17-37/h5-16,18,20H,19H2,1-4H3. The van der Waals surface area contributed by atoms with Gasteiger partial charge in [0.15, 0.2) is 5.82 Å². The molecule has 1 aromatic heterocycles. The van der Waals surface area contributed by atoms with Crippen molar-refractivity contribution in [3.63, 3.8) is 0 Å². The third-order valence-electron chi connectivity index (χ3n) is 7.05. The lowest BCUT2D eigenvalue weighted by atomic mass is 9.96. The molecule has 0 aliphatic heterocycles. The number of hydrogen-bond donors (Lipinski definition) is 0. The second-order valence-corrected chi connectivity index (χ2v) is 12.0. The van der Waals surface area contributed by atoms with Crippen molar-refractivity contribution in [3.05, 3.63) is 120 Å². The molecule has 0 radical (unpaired) electrons. The summed E-state index contributed by atoms with van der Waals surface area (Å²) < 4.78 is 14.4. The van der Waals surface area contributed by atoms with Gasteiger partial charge in [0.05, 0.1) is 44.8 Å². The van der Waals surface area contributed by atoms with E-state index in [1.54, 1.807) is 25.5 Å². The van der Waals surface area contributed by atoms with E-state index in [0.29, 0.717) is 37.0 Å². The maximum atomic E-state index is 13.8. The van der Waals surface area contributed by atoms with E-state index in [-0.39, 0.29) is 18.1 Å². The number of benzene rings is 4. The van der Waals surface area contributed by atoms with Gasteiger partial charge in [0, 0.05) is 11.1 Å². The van der Waals surface area contributed by atoms with Crippen LogP contribution in [0.5, 0.6) is 11.5 Å². The number of nitrogens with zero attached hydrogens (tertiary/aromatic N) is 4. The molecule has 9 heteroatoms. The molecule has 0 aliphatic carbocycles. The van der Waals surface area contributed by atoms with E-state index in [0.717, 1.165) is 33.6 Å². The van der Waals surface area contributed by atoms with Crippen LogP contribution in [0.15, 0.2) is 91.6 Å². The van der Waals surface area contributed by atoms with Crippen LogP contribution in [0.3, 0.4) is 0 Å². The minimum atomic E-state index is -0.271. The van der Waals surface area contributed by atoms with Gasteiger partial charge in [0.2, 0.25) is 0 Å². The van der Waals surface area contributed by atoms with Gasteiger partial charge < -0.3 is 9.47 Å². The van der Waals surface area contributed by atoms with Crippen LogP contribution in [0.25, 0.3) is 22.3 Å². The minimum absolute atomic E-state index is 0.197. The van der Waals surface area contributed by atoms with Crippen LogP contribution in [0.4, 0.5) is 0 Å². The summed E-state index contributed by atoms with van der Waals surface area (Å²) in [7, 11) is 1.66. The van der Waals surface area contributed by atoms with Crippen molar-refractivity contribution in [3.8, 4) is 29.0 Å². The van der Waals surface area contributed by atoms with Gasteiger partial charge in [-0.25, -0.2) is 4.98 Å². The van der Waals surface area contributed by atoms with E-state index in [4.69, 9.17) is 14.5 Å². The average Bonchev–Trinajstić information content (AvgIpc) is 3.00. The summed E-state index contributed by atoms with van der Waals surface area (Å²) in [6, 6.07) is 24.5. The highest BCUT2D eigenvalue weighted by molar-refractivity contribution is 9.11. The van der Waals surface area contributed by atoms with Gasteiger partial charge in [-0.15, -0.1) is 0 Å². The predicted octanol–water partition coefficient (Wildman–Crippen LogP) is 8.36. The molecule has 7 nitrogen and oxygen atoms in total. The first-order chi connectivity index (χ1) is 20.7. The van der Waals surface area contributed by atoms with Crippen LogP contribution in [0.1, 0.15) is 47.6 Å². The summed E-state index contributed by atoms with van der Waals surface area (Å²) in [6.45, 7) is 6.40. The molecule has 0 saturated heterocycles. The van der Waals surface area contributed by atoms with Crippen LogP contribution >= 0.6 is 31.9 Å². The van der Waals surface area contributed by atoms with Gasteiger partial charge in [-0.3, -0.25) is 4.79 Å². The predicted molar refractivity (Wildman–Crippen MR) is 177 cm³/mol. The highest BCUT2D eigenvalue weighted by atomic mass is 79.9. The number of aromatic nitrogens is 2. The normalized spacial score (nSPS) is 11.3. The molecule has 0 amide bonds. The third-order valence-corrected chi connectivity index (χ3v) is 8.22. The van der Waals surface area contributed by atoms with Crippen LogP contribution in [0, 0.1) is 18.3 Å². The largest absolute Gasteiger partial charge is 0.496 e. The summed E-state index contributed by atoms with van der Waals surface area (Å²) >= 11 is 7.20. The average molecular weight is 700 g/mol. The van der Waals surface area contributed by atoms with Gasteiger partial charge in [-0.2, -0.15) is 15.0 Å². The first kappa shape index (κ1) is 30.2. The lowest BCUT2D eigenvalue weighted by Crippen LogP contribution is -2.20. The Labute approximate surface area is 266 Å². The van der Waals surface area contributed by atoms with E-state index in [1.807, 2.05) is 67.6 Å². The van der Waals surface area contributed by atoms with Crippen LogP contribution in [-0.4, -0.2) is 23.0 Å². The molecule has 0 atom stereocenters. The Bertz CT molecular complexity index is 1950. The molecule has 0 unspecified atom stereocenters. The number of hydrogen-bond acceptors (Lipinski definition) is 6. The number of para-hydroxylation sites is 1. The fourth-order valence-electron chi connectivity index (χ4n) is 4.79. The topological polar surface area (TPSA) is 89.5 Å². The van der Waals surface area contributed by atoms with Gasteiger partial charge in [-0.05, 0) is 104 Å². The highest BCUT2D eigenvalue weighted by Crippen LogP contribution is 2.36. The highest BCUT2D eigenvalue weighted by Gasteiger charge is 2.18. The molecule has 4 aromatic carbocycles. The van der Waals surface area contributed by atoms with E-state index in [9.17, 15) is 10.1 Å². The van der Waals surface area contributed by atoms with Crippen molar-refractivity contribution < 1.29 is 9.47 Å². The molecule has 1 heterocycles. The van der Waals surface area contributed by atoms with Crippen molar-refractivity contribution in [2.45, 2.75) is 33.3 Å². The first-order valence-electron chi connectivity index (χ1n) is 13.6. The number of fused-ring (bicyclic) bond motifs is 1. The van der Waals surface area contributed by atoms with Crippen molar-refractivity contribution >= 4 is 49.0 Å². The maximum Gasteiger partial charge on any atom is 0.282 e. The molecule has 5 aromatic rings. The van der Waals surface area contributed by atoms with Gasteiger partial charge in [0.1, 0.15) is 18.1 Å². The minimum Gasteiger partial charge on any atom is -0.496 e. The quantitative estimate of drug-likeness (QED) is 0.152. The third kappa shape index (κ3) is 6.26. The van der Waals surface area contributed by atoms with Crippen molar-refractivity contribution in [1.82, 2.24) is 9.66 Å². The molecule has 0 bridgehead atoms. The van der Waals surface area contributed by atoms with Crippen LogP contribution in [-0.2, 0) is 6.61 Å². The fourth-order valence-corrected chi connectivity index (χ4v) is 6.24. The van der Waals surface area contributed by atoms with E-state index < -0.39 is 0 Å². The Morgan fingerprint density at radius 2 is 1.74 bits per heavy atom. The Kier molecular flexibility index (Phi) is 9.09. The lowest BCUT2D eigenvalue weighted by Gasteiger charge is -2.17. The Morgan fingerprint density at radius 3 is 2.44 bits per heavy atom. The number of methoxy groups -OCH3 is 1. The molecular formula is C34H28Br2N4O3. The molecule has 0 saturated carbocycles. The molecule has 0 fully saturated rings. The Balaban J connectivity index is 1.57. The zero-order valence-corrected chi connectivity index (χ0v) is 27.2. The number of halogens is 2. The smallest absolute Gasteiger partial charge is 0.282 e. The van der Waals surface area contributed by atoms with Crippen molar-refractivity contribution in [1.29, 1.82) is 5.26 Å². The molecule has 5 rings (SSSR count). The van der Waals surface area contributed by atoms with E-state index in [1.165, 1.54) is 4.68 Å². The number of nitriles is 1. The van der Waals surface area contributed by atoms with Gasteiger partial charge in [0.25, 0.3) is 5.56 Å².